The zero-order chi connectivity index (χ0) is 24.6. The molecule has 5 aromatic rings. The van der Waals surface area contributed by atoms with E-state index in [1.807, 2.05) is 30.3 Å². The Balaban J connectivity index is 1.44. The molecule has 2 N–H and O–H groups in total. The fourth-order valence-corrected chi connectivity index (χ4v) is 5.49. The normalized spacial score (nSPS) is 11.6. The first-order chi connectivity index (χ1) is 16.9. The van der Waals surface area contributed by atoms with E-state index in [1.54, 1.807) is 43.3 Å². The van der Waals surface area contributed by atoms with Crippen molar-refractivity contribution in [2.24, 2.45) is 0 Å². The Kier molecular flexibility index (Phi) is 5.78. The predicted molar refractivity (Wildman–Crippen MR) is 142 cm³/mol. The highest BCUT2D eigenvalue weighted by Gasteiger charge is 2.17. The van der Waals surface area contributed by atoms with Crippen molar-refractivity contribution >= 4 is 49.1 Å². The Morgan fingerprint density at radius 1 is 0.829 bits per heavy atom. The number of anilines is 2. The van der Waals surface area contributed by atoms with Crippen LogP contribution in [0.2, 0.25) is 0 Å². The number of nitrogens with zero attached hydrogens (tertiary/aromatic N) is 1. The molecule has 0 fully saturated rings. The van der Waals surface area contributed by atoms with Gasteiger partial charge in [-0.15, -0.1) is 0 Å². The van der Waals surface area contributed by atoms with Crippen LogP contribution in [0.4, 0.5) is 11.4 Å². The van der Waals surface area contributed by atoms with Crippen LogP contribution in [0.5, 0.6) is 0 Å². The number of amides is 1. The minimum atomic E-state index is -3.77. The number of para-hydroxylation sites is 1. The highest BCUT2D eigenvalue weighted by molar-refractivity contribution is 7.92. The number of rotatable bonds is 6. The van der Waals surface area contributed by atoms with Crippen LogP contribution >= 0.6 is 0 Å². The maximum absolute atomic E-state index is 13.1. The monoisotopic (exact) mass is 483 g/mol. The minimum absolute atomic E-state index is 0.161. The second-order valence-electron chi connectivity index (χ2n) is 8.40. The lowest BCUT2D eigenvalue weighted by atomic mass is 10.1. The minimum Gasteiger partial charge on any atom is -0.341 e. The molecule has 5 rings (SSSR count). The third-order valence-electron chi connectivity index (χ3n) is 6.14. The summed E-state index contributed by atoms with van der Waals surface area (Å²) in [6, 6.07) is 27.2. The van der Waals surface area contributed by atoms with E-state index in [9.17, 15) is 13.2 Å². The van der Waals surface area contributed by atoms with Crippen molar-refractivity contribution < 1.29 is 13.2 Å². The maximum Gasteiger partial charge on any atom is 0.261 e. The molecule has 7 heteroatoms. The van der Waals surface area contributed by atoms with Crippen molar-refractivity contribution in [3.63, 3.8) is 0 Å². The summed E-state index contributed by atoms with van der Waals surface area (Å²) in [7, 11) is -3.77. The van der Waals surface area contributed by atoms with Gasteiger partial charge in [-0.3, -0.25) is 9.52 Å². The molecule has 0 bridgehead atoms. The number of fused-ring (bicyclic) bond motifs is 3. The lowest BCUT2D eigenvalue weighted by Crippen LogP contribution is -2.16. The number of benzene rings is 4. The van der Waals surface area contributed by atoms with Crippen molar-refractivity contribution in [2.45, 2.75) is 25.3 Å². The summed E-state index contributed by atoms with van der Waals surface area (Å²) in [6.45, 7) is 4.76. The van der Waals surface area contributed by atoms with E-state index in [1.165, 1.54) is 12.1 Å². The summed E-state index contributed by atoms with van der Waals surface area (Å²) in [5.41, 5.74) is 4.38. The molecule has 0 aliphatic rings. The van der Waals surface area contributed by atoms with E-state index in [-0.39, 0.29) is 10.8 Å². The molecule has 0 aliphatic carbocycles. The molecule has 0 atom stereocenters. The first kappa shape index (κ1) is 22.7. The summed E-state index contributed by atoms with van der Waals surface area (Å²) < 4.78 is 30.4. The van der Waals surface area contributed by atoms with Crippen LogP contribution < -0.4 is 10.0 Å². The number of hydrogen-bond acceptors (Lipinski definition) is 3. The Morgan fingerprint density at radius 2 is 1.54 bits per heavy atom. The first-order valence-electron chi connectivity index (χ1n) is 11.4. The fraction of sp³-hybridized carbons (Fsp3) is 0.107. The van der Waals surface area contributed by atoms with Crippen molar-refractivity contribution in [1.82, 2.24) is 4.57 Å². The molecule has 0 unspecified atom stereocenters. The number of aryl methyl sites for hydroxylation is 2. The lowest BCUT2D eigenvalue weighted by Gasteiger charge is -2.13. The van der Waals surface area contributed by atoms with Crippen LogP contribution in [0, 0.1) is 6.92 Å². The molecule has 1 heterocycles. The van der Waals surface area contributed by atoms with Crippen LogP contribution in [-0.2, 0) is 16.6 Å². The standard InChI is InChI=1S/C28H25N3O3S/c1-3-31-26-12-8-7-11-23(26)24-18-21(15-16-27(24)31)29-28(32)20-14-13-19(2)25(17-20)30-35(33,34)22-9-5-4-6-10-22/h4-18,30H,3H2,1-2H3,(H,29,32). The van der Waals surface area contributed by atoms with E-state index in [2.05, 4.69) is 33.7 Å². The second kappa shape index (κ2) is 8.92. The van der Waals surface area contributed by atoms with Gasteiger partial charge in [0.25, 0.3) is 15.9 Å². The molecule has 6 nitrogen and oxygen atoms in total. The number of carbonyl (C=O) groups excluding carboxylic acids is 1. The molecule has 0 aliphatic heterocycles. The topological polar surface area (TPSA) is 80.2 Å². The van der Waals surface area contributed by atoms with Gasteiger partial charge < -0.3 is 9.88 Å². The third-order valence-corrected chi connectivity index (χ3v) is 7.53. The fourth-order valence-electron chi connectivity index (χ4n) is 4.35. The zero-order valence-electron chi connectivity index (χ0n) is 19.4. The molecule has 35 heavy (non-hydrogen) atoms. The van der Waals surface area contributed by atoms with Gasteiger partial charge in [0.1, 0.15) is 0 Å². The summed E-state index contributed by atoms with van der Waals surface area (Å²) in [4.78, 5) is 13.2. The Bertz CT molecular complexity index is 1670. The molecule has 4 aromatic carbocycles. The molecular weight excluding hydrogens is 458 g/mol. The summed E-state index contributed by atoms with van der Waals surface area (Å²) in [6.07, 6.45) is 0. The van der Waals surface area contributed by atoms with Crippen molar-refractivity contribution in [3.05, 3.63) is 102 Å². The van der Waals surface area contributed by atoms with Gasteiger partial charge in [-0.25, -0.2) is 8.42 Å². The Labute approximate surface area is 204 Å². The largest absolute Gasteiger partial charge is 0.341 e. The molecule has 0 spiro atoms. The van der Waals surface area contributed by atoms with Gasteiger partial charge in [-0.2, -0.15) is 0 Å². The van der Waals surface area contributed by atoms with E-state index < -0.39 is 10.0 Å². The van der Waals surface area contributed by atoms with Gasteiger partial charge in [0.15, 0.2) is 0 Å². The van der Waals surface area contributed by atoms with E-state index in [0.717, 1.165) is 33.9 Å². The number of carbonyl (C=O) groups is 1. The van der Waals surface area contributed by atoms with Crippen LogP contribution in [0.3, 0.4) is 0 Å². The van der Waals surface area contributed by atoms with Crippen LogP contribution in [-0.4, -0.2) is 18.9 Å². The Hall–Kier alpha value is -4.10. The highest BCUT2D eigenvalue weighted by atomic mass is 32.2. The number of hydrogen-bond donors (Lipinski definition) is 2. The smallest absolute Gasteiger partial charge is 0.261 e. The van der Waals surface area contributed by atoms with Crippen molar-refractivity contribution in [2.75, 3.05) is 10.0 Å². The van der Waals surface area contributed by atoms with E-state index in [4.69, 9.17) is 0 Å². The third kappa shape index (κ3) is 4.26. The second-order valence-corrected chi connectivity index (χ2v) is 10.1. The van der Waals surface area contributed by atoms with Gasteiger partial charge in [-0.1, -0.05) is 42.5 Å². The van der Waals surface area contributed by atoms with Crippen LogP contribution in [0.25, 0.3) is 21.8 Å². The van der Waals surface area contributed by atoms with Crippen molar-refractivity contribution in [1.29, 1.82) is 0 Å². The molecular formula is C28H25N3O3S. The zero-order valence-corrected chi connectivity index (χ0v) is 20.3. The van der Waals surface area contributed by atoms with Crippen LogP contribution in [0.15, 0.2) is 95.9 Å². The number of sulfonamides is 1. The SMILES string of the molecule is CCn1c2ccccc2c2cc(NC(=O)c3ccc(C)c(NS(=O)(=O)c4ccccc4)c3)ccc21. The van der Waals surface area contributed by atoms with Gasteiger partial charge in [0.05, 0.1) is 10.6 Å². The van der Waals surface area contributed by atoms with E-state index >= 15 is 0 Å². The number of nitrogens with one attached hydrogen (secondary N) is 2. The molecule has 1 amide bonds. The molecule has 176 valence electrons. The maximum atomic E-state index is 13.1. The lowest BCUT2D eigenvalue weighted by molar-refractivity contribution is 0.102. The number of aromatic nitrogens is 1. The Morgan fingerprint density at radius 3 is 2.31 bits per heavy atom. The van der Waals surface area contributed by atoms with Gasteiger partial charge in [-0.05, 0) is 67.9 Å². The predicted octanol–water partition coefficient (Wildman–Crippen LogP) is 6.18. The van der Waals surface area contributed by atoms with E-state index in [0.29, 0.717) is 16.9 Å². The summed E-state index contributed by atoms with van der Waals surface area (Å²) in [5.74, 6) is -0.316. The average molecular weight is 484 g/mol. The summed E-state index contributed by atoms with van der Waals surface area (Å²) >= 11 is 0. The van der Waals surface area contributed by atoms with Gasteiger partial charge in [0, 0.05) is 39.6 Å². The van der Waals surface area contributed by atoms with Crippen LogP contribution in [0.1, 0.15) is 22.8 Å². The molecule has 0 saturated heterocycles. The molecule has 0 radical (unpaired) electrons. The highest BCUT2D eigenvalue weighted by Crippen LogP contribution is 2.31. The van der Waals surface area contributed by atoms with Gasteiger partial charge in [0.2, 0.25) is 0 Å². The molecule has 0 saturated carbocycles. The summed E-state index contributed by atoms with van der Waals surface area (Å²) in [5, 5.41) is 5.16. The molecule has 1 aromatic heterocycles. The first-order valence-corrected chi connectivity index (χ1v) is 12.9. The quantitative estimate of drug-likeness (QED) is 0.303. The van der Waals surface area contributed by atoms with Crippen molar-refractivity contribution in [3.8, 4) is 0 Å². The van der Waals surface area contributed by atoms with Gasteiger partial charge >= 0.3 is 0 Å². The average Bonchev–Trinajstić information content (AvgIpc) is 3.18.